The van der Waals surface area contributed by atoms with E-state index in [1.165, 1.54) is 18.4 Å². The molecule has 0 saturated carbocycles. The van der Waals surface area contributed by atoms with Crippen LogP contribution < -0.4 is 0 Å². The molecular weight excluding hydrogens is 320 g/mol. The fourth-order valence-electron chi connectivity index (χ4n) is 3.02. The Morgan fingerprint density at radius 1 is 1.50 bits per heavy atom. The third kappa shape index (κ3) is 1.81. The lowest BCUT2D eigenvalue weighted by Crippen LogP contribution is -2.39. The van der Waals surface area contributed by atoms with Crippen LogP contribution >= 0.6 is 22.9 Å². The maximum atomic E-state index is 12.3. The van der Waals surface area contributed by atoms with E-state index >= 15 is 0 Å². The van der Waals surface area contributed by atoms with Crippen LogP contribution in [0.4, 0.5) is 0 Å². The Morgan fingerprint density at radius 3 is 2.86 bits per heavy atom. The fourth-order valence-corrected chi connectivity index (χ4v) is 3.91. The van der Waals surface area contributed by atoms with E-state index in [1.807, 2.05) is 10.8 Å². The van der Waals surface area contributed by atoms with Crippen molar-refractivity contribution in [3.8, 4) is 6.07 Å². The van der Waals surface area contributed by atoms with Crippen LogP contribution in [0.1, 0.15) is 16.7 Å². The maximum Gasteiger partial charge on any atom is 0.317 e. The van der Waals surface area contributed by atoms with Crippen LogP contribution in [0.15, 0.2) is 35.0 Å². The van der Waals surface area contributed by atoms with Crippen LogP contribution in [0.5, 0.6) is 0 Å². The summed E-state index contributed by atoms with van der Waals surface area (Å²) in [6.45, 7) is 0. The predicted molar refractivity (Wildman–Crippen MR) is 84.5 cm³/mol. The standard InChI is InChI=1S/C16H11ClN2O2S/c1-21-15(20)13-14(19)11-6-10(17)2-3-12(11)16(13,8-18)9-4-5-22-7-9/h2-7,13,19H,1H3. The van der Waals surface area contributed by atoms with Gasteiger partial charge in [0, 0.05) is 10.6 Å². The lowest BCUT2D eigenvalue weighted by atomic mass is 9.71. The Morgan fingerprint density at radius 2 is 2.27 bits per heavy atom. The first-order valence-electron chi connectivity index (χ1n) is 6.47. The van der Waals surface area contributed by atoms with E-state index < -0.39 is 17.3 Å². The van der Waals surface area contributed by atoms with E-state index in [-0.39, 0.29) is 5.71 Å². The normalized spacial score (nSPS) is 23.0. The topological polar surface area (TPSA) is 73.9 Å². The van der Waals surface area contributed by atoms with Crippen LogP contribution in [0.2, 0.25) is 5.02 Å². The zero-order chi connectivity index (χ0) is 15.9. The number of fused-ring (bicyclic) bond motifs is 1. The number of halogens is 1. The molecule has 6 heteroatoms. The van der Waals surface area contributed by atoms with Gasteiger partial charge in [0.2, 0.25) is 0 Å². The number of nitriles is 1. The van der Waals surface area contributed by atoms with Crippen molar-refractivity contribution >= 4 is 34.6 Å². The summed E-state index contributed by atoms with van der Waals surface area (Å²) in [7, 11) is 1.27. The number of hydrogen-bond donors (Lipinski definition) is 1. The molecule has 0 spiro atoms. The number of rotatable bonds is 2. The van der Waals surface area contributed by atoms with Crippen molar-refractivity contribution in [2.75, 3.05) is 7.11 Å². The lowest BCUT2D eigenvalue weighted by molar-refractivity contribution is -0.143. The molecular formula is C16H11ClN2O2S. The van der Waals surface area contributed by atoms with Crippen molar-refractivity contribution in [2.24, 2.45) is 5.92 Å². The lowest BCUT2D eigenvalue weighted by Gasteiger charge is -2.27. The second-order valence-corrected chi connectivity index (χ2v) is 6.21. The largest absolute Gasteiger partial charge is 0.468 e. The van der Waals surface area contributed by atoms with Crippen LogP contribution in [-0.4, -0.2) is 18.8 Å². The number of nitrogens with zero attached hydrogens (tertiary/aromatic N) is 1. The molecule has 110 valence electrons. The van der Waals surface area contributed by atoms with E-state index in [4.69, 9.17) is 21.7 Å². The van der Waals surface area contributed by atoms with Gasteiger partial charge in [-0.1, -0.05) is 17.7 Å². The fraction of sp³-hybridized carbons (Fsp3) is 0.188. The number of esters is 1. The van der Waals surface area contributed by atoms with Gasteiger partial charge >= 0.3 is 5.97 Å². The van der Waals surface area contributed by atoms with Crippen molar-refractivity contribution in [3.63, 3.8) is 0 Å². The first-order valence-corrected chi connectivity index (χ1v) is 7.79. The molecule has 1 aromatic heterocycles. The molecule has 1 heterocycles. The van der Waals surface area contributed by atoms with Crippen molar-refractivity contribution in [2.45, 2.75) is 5.41 Å². The number of carbonyl (C=O) groups excluding carboxylic acids is 1. The first kappa shape index (κ1) is 14.8. The SMILES string of the molecule is COC(=O)C1C(=N)c2cc(Cl)ccc2C1(C#N)c1ccsc1. The van der Waals surface area contributed by atoms with Gasteiger partial charge in [-0.25, -0.2) is 0 Å². The minimum absolute atomic E-state index is 0.0668. The van der Waals surface area contributed by atoms with Crippen molar-refractivity contribution in [1.82, 2.24) is 0 Å². The van der Waals surface area contributed by atoms with Gasteiger partial charge in [-0.05, 0) is 40.1 Å². The monoisotopic (exact) mass is 330 g/mol. The van der Waals surface area contributed by atoms with Gasteiger partial charge in [0.05, 0.1) is 18.9 Å². The summed E-state index contributed by atoms with van der Waals surface area (Å²) in [5.74, 6) is -1.59. The van der Waals surface area contributed by atoms with E-state index in [0.29, 0.717) is 21.7 Å². The zero-order valence-electron chi connectivity index (χ0n) is 11.6. The highest BCUT2D eigenvalue weighted by Gasteiger charge is 2.56. The second kappa shape index (κ2) is 5.24. The molecule has 0 radical (unpaired) electrons. The number of methoxy groups -OCH3 is 1. The summed E-state index contributed by atoms with van der Waals surface area (Å²) in [6, 6.07) is 9.10. The Hall–Kier alpha value is -2.16. The predicted octanol–water partition coefficient (Wildman–Crippen LogP) is 3.38. The van der Waals surface area contributed by atoms with Crippen molar-refractivity contribution in [3.05, 3.63) is 56.7 Å². The minimum atomic E-state index is -1.25. The molecule has 0 fully saturated rings. The summed E-state index contributed by atoms with van der Waals surface area (Å²) < 4.78 is 4.86. The number of ether oxygens (including phenoxy) is 1. The van der Waals surface area contributed by atoms with Gasteiger partial charge in [0.1, 0.15) is 11.3 Å². The average Bonchev–Trinajstić information content (AvgIpc) is 3.13. The molecule has 0 bridgehead atoms. The van der Waals surface area contributed by atoms with E-state index in [2.05, 4.69) is 6.07 Å². The summed E-state index contributed by atoms with van der Waals surface area (Å²) in [6.07, 6.45) is 0. The quantitative estimate of drug-likeness (QED) is 0.858. The van der Waals surface area contributed by atoms with E-state index in [9.17, 15) is 10.1 Å². The maximum absolute atomic E-state index is 12.3. The summed E-state index contributed by atoms with van der Waals surface area (Å²) in [5.41, 5.74) is 0.663. The number of nitrogens with one attached hydrogen (secondary N) is 1. The van der Waals surface area contributed by atoms with Gasteiger partial charge in [-0.3, -0.25) is 4.79 Å². The highest BCUT2D eigenvalue weighted by atomic mass is 35.5. The van der Waals surface area contributed by atoms with E-state index in [0.717, 1.165) is 0 Å². The number of thiophene rings is 1. The molecule has 2 unspecified atom stereocenters. The molecule has 22 heavy (non-hydrogen) atoms. The van der Waals surface area contributed by atoms with Crippen LogP contribution in [0, 0.1) is 22.7 Å². The van der Waals surface area contributed by atoms with E-state index in [1.54, 1.807) is 24.3 Å². The molecule has 1 aliphatic rings. The second-order valence-electron chi connectivity index (χ2n) is 4.99. The third-order valence-corrected chi connectivity index (χ3v) is 4.93. The highest BCUT2D eigenvalue weighted by Crippen LogP contribution is 2.49. The third-order valence-electron chi connectivity index (χ3n) is 4.01. The number of hydrogen-bond acceptors (Lipinski definition) is 5. The molecule has 1 aromatic carbocycles. The van der Waals surface area contributed by atoms with Gasteiger partial charge < -0.3 is 10.1 Å². The molecule has 1 N–H and O–H groups in total. The molecule has 2 aromatic rings. The first-order chi connectivity index (χ1) is 10.6. The molecule has 0 saturated heterocycles. The number of benzene rings is 1. The van der Waals surface area contributed by atoms with Gasteiger partial charge in [-0.15, -0.1) is 0 Å². The molecule has 0 amide bonds. The summed E-state index contributed by atoms with van der Waals surface area (Å²) in [5, 5.41) is 22.5. The minimum Gasteiger partial charge on any atom is -0.468 e. The molecule has 3 rings (SSSR count). The van der Waals surface area contributed by atoms with Crippen LogP contribution in [0.25, 0.3) is 0 Å². The Labute approximate surface area is 136 Å². The molecule has 4 nitrogen and oxygen atoms in total. The smallest absolute Gasteiger partial charge is 0.317 e. The zero-order valence-corrected chi connectivity index (χ0v) is 13.2. The average molecular weight is 331 g/mol. The van der Waals surface area contributed by atoms with Crippen LogP contribution in [0.3, 0.4) is 0 Å². The highest BCUT2D eigenvalue weighted by molar-refractivity contribution is 7.08. The van der Waals surface area contributed by atoms with Gasteiger partial charge in [-0.2, -0.15) is 16.6 Å². The van der Waals surface area contributed by atoms with Crippen molar-refractivity contribution < 1.29 is 9.53 Å². The van der Waals surface area contributed by atoms with Crippen molar-refractivity contribution in [1.29, 1.82) is 10.7 Å². The van der Waals surface area contributed by atoms with Gasteiger partial charge in [0.25, 0.3) is 0 Å². The summed E-state index contributed by atoms with van der Waals surface area (Å²) in [4.78, 5) is 12.3. The Kier molecular flexibility index (Phi) is 3.51. The van der Waals surface area contributed by atoms with Crippen LogP contribution in [-0.2, 0) is 14.9 Å². The Bertz CT molecular complexity index is 810. The molecule has 1 aliphatic carbocycles. The molecule has 0 aliphatic heterocycles. The van der Waals surface area contributed by atoms with Gasteiger partial charge in [0.15, 0.2) is 0 Å². The number of carbonyl (C=O) groups is 1. The molecule has 2 atom stereocenters. The summed E-state index contributed by atoms with van der Waals surface area (Å²) >= 11 is 7.46. The Balaban J connectivity index is 2.36.